The lowest BCUT2D eigenvalue weighted by Gasteiger charge is -2.38. The Bertz CT molecular complexity index is 812. The van der Waals surface area contributed by atoms with Gasteiger partial charge in [-0.2, -0.15) is 26.3 Å². The Kier molecular flexibility index (Phi) is 10.9. The second kappa shape index (κ2) is 13.2. The molecule has 1 unspecified atom stereocenters. The van der Waals surface area contributed by atoms with Crippen molar-refractivity contribution in [2.45, 2.75) is 50.0 Å². The first-order valence-electron chi connectivity index (χ1n) is 11.0. The number of hydrogen-bond acceptors (Lipinski definition) is 7. The van der Waals surface area contributed by atoms with E-state index in [2.05, 4.69) is 26.9 Å². The van der Waals surface area contributed by atoms with Crippen LogP contribution in [0.15, 0.2) is 24.5 Å². The molecule has 3 fully saturated rings. The van der Waals surface area contributed by atoms with Crippen LogP contribution >= 0.6 is 0 Å². The fourth-order valence-electron chi connectivity index (χ4n) is 3.99. The number of nitrogens with zero attached hydrogens (tertiary/aromatic N) is 3. The highest BCUT2D eigenvalue weighted by Crippen LogP contribution is 2.26. The van der Waals surface area contributed by atoms with Crippen molar-refractivity contribution in [1.82, 2.24) is 14.8 Å². The Morgan fingerprint density at radius 2 is 1.56 bits per heavy atom. The van der Waals surface area contributed by atoms with Crippen molar-refractivity contribution >= 4 is 11.9 Å². The van der Waals surface area contributed by atoms with Gasteiger partial charge in [0.1, 0.15) is 0 Å². The van der Waals surface area contributed by atoms with Crippen molar-refractivity contribution in [2.24, 2.45) is 0 Å². The van der Waals surface area contributed by atoms with Crippen molar-refractivity contribution in [3.8, 4) is 0 Å². The predicted molar refractivity (Wildman–Crippen MR) is 111 cm³/mol. The zero-order valence-electron chi connectivity index (χ0n) is 19.0. The first-order valence-corrected chi connectivity index (χ1v) is 11.0. The summed E-state index contributed by atoms with van der Waals surface area (Å²) in [6, 6.07) is 4.74. The Morgan fingerprint density at radius 3 is 2.06 bits per heavy atom. The Hall–Kier alpha value is -2.49. The first-order chi connectivity index (χ1) is 16.8. The van der Waals surface area contributed by atoms with E-state index in [1.54, 1.807) is 0 Å². The van der Waals surface area contributed by atoms with Gasteiger partial charge in [-0.05, 0) is 30.5 Å². The Labute approximate surface area is 202 Å². The van der Waals surface area contributed by atoms with Crippen LogP contribution in [-0.2, 0) is 25.6 Å². The smallest absolute Gasteiger partial charge is 0.475 e. The fraction of sp³-hybridized carbons (Fsp3) is 0.667. The molecule has 0 aromatic carbocycles. The summed E-state index contributed by atoms with van der Waals surface area (Å²) in [6.07, 6.45) is -3.19. The summed E-state index contributed by atoms with van der Waals surface area (Å²) in [5.74, 6) is -5.51. The number of halogens is 6. The molecule has 1 aromatic heterocycles. The van der Waals surface area contributed by atoms with Gasteiger partial charge in [0.05, 0.1) is 18.8 Å². The normalized spacial score (nSPS) is 24.7. The monoisotopic (exact) mass is 531 g/mol. The summed E-state index contributed by atoms with van der Waals surface area (Å²) < 4.78 is 75.3. The SMILES string of the molecule is O=C(O)C(F)(F)F.O=C(O)C(F)(F)F.c1cc(CN2C[C@@H]3OCCN(CC4CCCO4)[C@@H]3C2)ccn1. The van der Waals surface area contributed by atoms with Gasteiger partial charge in [-0.3, -0.25) is 14.8 Å². The Balaban J connectivity index is 0.000000271. The molecule has 0 aliphatic carbocycles. The highest BCUT2D eigenvalue weighted by Gasteiger charge is 2.41. The number of aromatic nitrogens is 1. The average molecular weight is 531 g/mol. The van der Waals surface area contributed by atoms with E-state index in [1.807, 2.05) is 12.4 Å². The van der Waals surface area contributed by atoms with Crippen LogP contribution in [0.2, 0.25) is 0 Å². The van der Waals surface area contributed by atoms with E-state index in [1.165, 1.54) is 18.4 Å². The summed E-state index contributed by atoms with van der Waals surface area (Å²) in [7, 11) is 0. The number of fused-ring (bicyclic) bond motifs is 1. The minimum atomic E-state index is -5.08. The molecular weight excluding hydrogens is 504 g/mol. The third kappa shape index (κ3) is 9.87. The molecule has 3 atom stereocenters. The van der Waals surface area contributed by atoms with Crippen LogP contribution in [0.5, 0.6) is 0 Å². The zero-order chi connectivity index (χ0) is 26.9. The maximum absolute atomic E-state index is 10.6. The molecular formula is C21H27F6N3O6. The van der Waals surface area contributed by atoms with Crippen molar-refractivity contribution in [2.75, 3.05) is 39.4 Å². The van der Waals surface area contributed by atoms with E-state index in [0.717, 1.165) is 45.9 Å². The summed E-state index contributed by atoms with van der Waals surface area (Å²) in [6.45, 7) is 7.05. The maximum Gasteiger partial charge on any atom is 0.490 e. The number of carboxylic acids is 2. The van der Waals surface area contributed by atoms with E-state index in [-0.39, 0.29) is 0 Å². The van der Waals surface area contributed by atoms with Crippen LogP contribution < -0.4 is 0 Å². The number of alkyl halides is 6. The third-order valence-electron chi connectivity index (χ3n) is 5.59. The van der Waals surface area contributed by atoms with Gasteiger partial charge in [0, 0.05) is 57.8 Å². The van der Waals surface area contributed by atoms with Crippen LogP contribution in [0, 0.1) is 0 Å². The highest BCUT2D eigenvalue weighted by molar-refractivity contribution is 5.73. The minimum Gasteiger partial charge on any atom is -0.475 e. The van der Waals surface area contributed by atoms with Gasteiger partial charge in [-0.1, -0.05) is 0 Å². The molecule has 3 saturated heterocycles. The number of morpholine rings is 1. The van der Waals surface area contributed by atoms with Gasteiger partial charge >= 0.3 is 24.3 Å². The highest BCUT2D eigenvalue weighted by atomic mass is 19.4. The number of rotatable bonds is 4. The fourth-order valence-corrected chi connectivity index (χ4v) is 3.99. The molecule has 0 spiro atoms. The van der Waals surface area contributed by atoms with Crippen LogP contribution in [0.1, 0.15) is 18.4 Å². The van der Waals surface area contributed by atoms with Crippen molar-refractivity contribution in [3.63, 3.8) is 0 Å². The molecule has 36 heavy (non-hydrogen) atoms. The lowest BCUT2D eigenvalue weighted by atomic mass is 10.1. The standard InChI is InChI=1S/C17H25N3O2.2C2HF3O2/c1-2-15(21-8-1)11-20-7-9-22-17-13-19(12-16(17)20)10-14-3-5-18-6-4-14;2*3-2(4,5)1(6)7/h3-6,15-17H,1-2,7-13H2;2*(H,6,7)/t15?,16-,17+;;/m1../s1. The average Bonchev–Trinajstić information content (AvgIpc) is 3.44. The number of hydrogen-bond donors (Lipinski definition) is 2. The third-order valence-corrected chi connectivity index (χ3v) is 5.59. The van der Waals surface area contributed by atoms with E-state index in [4.69, 9.17) is 29.3 Å². The number of likely N-dealkylation sites (tertiary alicyclic amines) is 1. The molecule has 3 aliphatic rings. The minimum absolute atomic E-state index is 0.358. The van der Waals surface area contributed by atoms with Crippen LogP contribution in [0.25, 0.3) is 0 Å². The summed E-state index contributed by atoms with van der Waals surface area (Å²) >= 11 is 0. The molecule has 4 heterocycles. The molecule has 3 aliphatic heterocycles. The lowest BCUT2D eigenvalue weighted by molar-refractivity contribution is -0.193. The largest absolute Gasteiger partial charge is 0.490 e. The van der Waals surface area contributed by atoms with E-state index in [9.17, 15) is 26.3 Å². The molecule has 2 N–H and O–H groups in total. The van der Waals surface area contributed by atoms with E-state index >= 15 is 0 Å². The zero-order valence-corrected chi connectivity index (χ0v) is 19.0. The molecule has 1 aromatic rings. The van der Waals surface area contributed by atoms with Crippen LogP contribution in [0.4, 0.5) is 26.3 Å². The van der Waals surface area contributed by atoms with Gasteiger partial charge < -0.3 is 19.7 Å². The van der Waals surface area contributed by atoms with Gasteiger partial charge in [0.2, 0.25) is 0 Å². The first kappa shape index (κ1) is 29.7. The van der Waals surface area contributed by atoms with Crippen molar-refractivity contribution in [1.29, 1.82) is 0 Å². The molecule has 0 saturated carbocycles. The van der Waals surface area contributed by atoms with Gasteiger partial charge in [0.15, 0.2) is 0 Å². The van der Waals surface area contributed by atoms with Crippen LogP contribution in [-0.4, -0.2) is 107 Å². The van der Waals surface area contributed by atoms with Crippen LogP contribution in [0.3, 0.4) is 0 Å². The molecule has 0 bridgehead atoms. The molecule has 15 heteroatoms. The molecule has 204 valence electrons. The second-order valence-electron chi connectivity index (χ2n) is 8.26. The number of aliphatic carboxylic acids is 2. The maximum atomic E-state index is 10.6. The lowest BCUT2D eigenvalue weighted by Crippen LogP contribution is -2.52. The number of pyridine rings is 1. The summed E-state index contributed by atoms with van der Waals surface area (Å²) in [4.78, 5) is 27.0. The Morgan fingerprint density at radius 1 is 0.972 bits per heavy atom. The van der Waals surface area contributed by atoms with E-state index in [0.29, 0.717) is 18.2 Å². The summed E-state index contributed by atoms with van der Waals surface area (Å²) in [5, 5.41) is 14.2. The summed E-state index contributed by atoms with van der Waals surface area (Å²) in [5.41, 5.74) is 1.33. The topological polar surface area (TPSA) is 112 Å². The van der Waals surface area contributed by atoms with Gasteiger partial charge in [-0.15, -0.1) is 0 Å². The van der Waals surface area contributed by atoms with Crippen molar-refractivity contribution in [3.05, 3.63) is 30.1 Å². The number of carboxylic acid groups (broad SMARTS) is 2. The van der Waals surface area contributed by atoms with Gasteiger partial charge in [-0.25, -0.2) is 9.59 Å². The van der Waals surface area contributed by atoms with Gasteiger partial charge in [0.25, 0.3) is 0 Å². The number of ether oxygens (including phenoxy) is 2. The number of carbonyl (C=O) groups is 2. The predicted octanol–water partition coefficient (Wildman–Crippen LogP) is 2.41. The van der Waals surface area contributed by atoms with Crippen molar-refractivity contribution < 1.29 is 55.6 Å². The quantitative estimate of drug-likeness (QED) is 0.566. The molecule has 0 radical (unpaired) electrons. The van der Waals surface area contributed by atoms with E-state index < -0.39 is 24.3 Å². The molecule has 9 nitrogen and oxygen atoms in total. The molecule has 0 amide bonds. The second-order valence-corrected chi connectivity index (χ2v) is 8.26. The molecule has 4 rings (SSSR count).